The molecule has 3 heteroatoms. The topological polar surface area (TPSA) is 23.6 Å². The number of hydrogen-bond donors (Lipinski definition) is 0. The lowest BCUT2D eigenvalue weighted by Crippen LogP contribution is -2.34. The number of fused-ring (bicyclic) bond motifs is 1. The van der Waals surface area contributed by atoms with Crippen molar-refractivity contribution in [3.63, 3.8) is 0 Å². The fourth-order valence-electron chi connectivity index (χ4n) is 4.74. The fraction of sp³-hybridized carbons (Fsp3) is 0.409. The van der Waals surface area contributed by atoms with E-state index in [9.17, 15) is 4.79 Å². The van der Waals surface area contributed by atoms with Crippen LogP contribution in [0.15, 0.2) is 54.6 Å². The highest BCUT2D eigenvalue weighted by atomic mass is 16.2. The zero-order valence-corrected chi connectivity index (χ0v) is 15.1. The Labute approximate surface area is 150 Å². The molecule has 25 heavy (non-hydrogen) atoms. The highest BCUT2D eigenvalue weighted by Gasteiger charge is 2.48. The molecule has 0 N–H and O–H groups in total. The third kappa shape index (κ3) is 3.21. The first-order valence-electron chi connectivity index (χ1n) is 9.22. The van der Waals surface area contributed by atoms with E-state index >= 15 is 0 Å². The molecule has 3 nitrogen and oxygen atoms in total. The summed E-state index contributed by atoms with van der Waals surface area (Å²) in [5, 5.41) is 0. The van der Waals surface area contributed by atoms with Crippen LogP contribution in [0.25, 0.3) is 0 Å². The molecule has 0 unspecified atom stereocenters. The van der Waals surface area contributed by atoms with Gasteiger partial charge in [0.2, 0.25) is 5.91 Å². The van der Waals surface area contributed by atoms with Crippen molar-refractivity contribution in [3.05, 3.63) is 71.3 Å². The normalized spacial score (nSPS) is 26.0. The van der Waals surface area contributed by atoms with Gasteiger partial charge in [0.25, 0.3) is 0 Å². The lowest BCUT2D eigenvalue weighted by atomic mass is 9.89. The van der Waals surface area contributed by atoms with Gasteiger partial charge in [-0.05, 0) is 24.0 Å². The monoisotopic (exact) mass is 334 g/mol. The molecule has 3 atom stereocenters. The molecule has 0 bridgehead atoms. The van der Waals surface area contributed by atoms with Crippen molar-refractivity contribution in [1.29, 1.82) is 0 Å². The zero-order chi connectivity index (χ0) is 17.4. The lowest BCUT2D eigenvalue weighted by molar-refractivity contribution is -0.130. The molecular formula is C22H26N2O. The maximum absolute atomic E-state index is 12.2. The van der Waals surface area contributed by atoms with E-state index in [4.69, 9.17) is 0 Å². The van der Waals surface area contributed by atoms with Gasteiger partial charge in [-0.1, -0.05) is 60.2 Å². The molecule has 0 aromatic heterocycles. The van der Waals surface area contributed by atoms with Crippen LogP contribution < -0.4 is 0 Å². The van der Waals surface area contributed by atoms with Crippen LogP contribution in [0, 0.1) is 18.8 Å². The molecule has 2 aromatic carbocycles. The summed E-state index contributed by atoms with van der Waals surface area (Å²) >= 11 is 0. The van der Waals surface area contributed by atoms with Crippen LogP contribution in [0.3, 0.4) is 0 Å². The Morgan fingerprint density at radius 1 is 1.04 bits per heavy atom. The SMILES string of the molecule is CC(=O)N1C[C@H]2CN(Cc3cccc(C)c3)C[C@H]2[C@@H]1c1ccccc1. The Morgan fingerprint density at radius 2 is 1.84 bits per heavy atom. The van der Waals surface area contributed by atoms with Crippen LogP contribution in [0.1, 0.15) is 29.7 Å². The fourth-order valence-corrected chi connectivity index (χ4v) is 4.74. The largest absolute Gasteiger partial charge is 0.335 e. The maximum Gasteiger partial charge on any atom is 0.219 e. The molecule has 4 rings (SSSR count). The highest BCUT2D eigenvalue weighted by molar-refractivity contribution is 5.74. The molecule has 0 radical (unpaired) electrons. The molecule has 2 fully saturated rings. The molecule has 130 valence electrons. The summed E-state index contributed by atoms with van der Waals surface area (Å²) in [6, 6.07) is 19.6. The van der Waals surface area contributed by atoms with Crippen LogP contribution in [0.2, 0.25) is 0 Å². The van der Waals surface area contributed by atoms with Crippen LogP contribution >= 0.6 is 0 Å². The number of hydrogen-bond acceptors (Lipinski definition) is 2. The lowest BCUT2D eigenvalue weighted by Gasteiger charge is -2.29. The van der Waals surface area contributed by atoms with Crippen molar-refractivity contribution in [2.24, 2.45) is 11.8 Å². The molecule has 2 aliphatic rings. The zero-order valence-electron chi connectivity index (χ0n) is 15.1. The molecule has 2 aromatic rings. The Balaban J connectivity index is 1.53. The van der Waals surface area contributed by atoms with Crippen molar-refractivity contribution in [3.8, 4) is 0 Å². The van der Waals surface area contributed by atoms with E-state index in [1.54, 1.807) is 6.92 Å². The van der Waals surface area contributed by atoms with Crippen LogP contribution in [-0.4, -0.2) is 35.3 Å². The second kappa shape index (κ2) is 6.64. The number of carbonyl (C=O) groups is 1. The van der Waals surface area contributed by atoms with Gasteiger partial charge in [0, 0.05) is 39.0 Å². The number of aryl methyl sites for hydroxylation is 1. The van der Waals surface area contributed by atoms with E-state index in [-0.39, 0.29) is 11.9 Å². The number of rotatable bonds is 3. The van der Waals surface area contributed by atoms with Crippen molar-refractivity contribution in [2.75, 3.05) is 19.6 Å². The third-order valence-corrected chi connectivity index (χ3v) is 5.77. The van der Waals surface area contributed by atoms with E-state index in [0.29, 0.717) is 11.8 Å². The maximum atomic E-state index is 12.2. The Hall–Kier alpha value is -2.13. The molecule has 0 spiro atoms. The third-order valence-electron chi connectivity index (χ3n) is 5.77. The van der Waals surface area contributed by atoms with Crippen molar-refractivity contribution >= 4 is 5.91 Å². The molecular weight excluding hydrogens is 308 g/mol. The van der Waals surface area contributed by atoms with E-state index in [1.165, 1.54) is 16.7 Å². The molecule has 0 aliphatic carbocycles. The predicted octanol–water partition coefficient (Wildman–Crippen LogP) is 3.65. The van der Waals surface area contributed by atoms with Gasteiger partial charge in [-0.15, -0.1) is 0 Å². The Kier molecular flexibility index (Phi) is 4.34. The minimum absolute atomic E-state index is 0.202. The standard InChI is InChI=1S/C22H26N2O/c1-16-7-6-8-18(11-16)12-23-13-20-14-24(17(2)25)22(21(20)15-23)19-9-4-3-5-10-19/h3-11,20-22H,12-15H2,1-2H3/t20-,21-,22+/m1/s1. The van der Waals surface area contributed by atoms with E-state index in [1.807, 2.05) is 6.07 Å². The average Bonchev–Trinajstić information content (AvgIpc) is 3.12. The molecule has 2 saturated heterocycles. The van der Waals surface area contributed by atoms with Gasteiger partial charge in [-0.3, -0.25) is 9.69 Å². The summed E-state index contributed by atoms with van der Waals surface area (Å²) in [5.74, 6) is 1.32. The Bertz CT molecular complexity index is 758. The summed E-state index contributed by atoms with van der Waals surface area (Å²) < 4.78 is 0. The van der Waals surface area contributed by atoms with Gasteiger partial charge in [0.05, 0.1) is 6.04 Å². The first-order chi connectivity index (χ1) is 12.1. The second-order valence-electron chi connectivity index (χ2n) is 7.63. The first-order valence-corrected chi connectivity index (χ1v) is 9.22. The van der Waals surface area contributed by atoms with Gasteiger partial charge in [0.15, 0.2) is 0 Å². The van der Waals surface area contributed by atoms with Gasteiger partial charge in [0.1, 0.15) is 0 Å². The summed E-state index contributed by atoms with van der Waals surface area (Å²) in [6.07, 6.45) is 0. The van der Waals surface area contributed by atoms with E-state index in [0.717, 1.165) is 26.2 Å². The van der Waals surface area contributed by atoms with Gasteiger partial charge in [-0.25, -0.2) is 0 Å². The second-order valence-corrected chi connectivity index (χ2v) is 7.63. The van der Waals surface area contributed by atoms with Crippen molar-refractivity contribution < 1.29 is 4.79 Å². The molecule has 0 saturated carbocycles. The summed E-state index contributed by atoms with van der Waals surface area (Å²) in [4.78, 5) is 16.8. The molecule has 2 heterocycles. The number of carbonyl (C=O) groups excluding carboxylic acids is 1. The van der Waals surface area contributed by atoms with E-state index in [2.05, 4.69) is 65.3 Å². The molecule has 1 amide bonds. The van der Waals surface area contributed by atoms with Crippen LogP contribution in [0.5, 0.6) is 0 Å². The first kappa shape index (κ1) is 16.3. The number of likely N-dealkylation sites (tertiary alicyclic amines) is 2. The molecule has 2 aliphatic heterocycles. The van der Waals surface area contributed by atoms with Crippen LogP contribution in [0.4, 0.5) is 0 Å². The minimum atomic E-state index is 0.202. The van der Waals surface area contributed by atoms with E-state index < -0.39 is 0 Å². The van der Waals surface area contributed by atoms with Crippen molar-refractivity contribution in [1.82, 2.24) is 9.80 Å². The number of nitrogens with zero attached hydrogens (tertiary/aromatic N) is 2. The number of benzene rings is 2. The van der Waals surface area contributed by atoms with Gasteiger partial charge in [-0.2, -0.15) is 0 Å². The highest BCUT2D eigenvalue weighted by Crippen LogP contribution is 2.45. The minimum Gasteiger partial charge on any atom is -0.335 e. The summed E-state index contributed by atoms with van der Waals surface area (Å²) in [5.41, 5.74) is 3.99. The smallest absolute Gasteiger partial charge is 0.219 e. The quantitative estimate of drug-likeness (QED) is 0.855. The van der Waals surface area contributed by atoms with Gasteiger partial charge < -0.3 is 4.90 Å². The number of amides is 1. The van der Waals surface area contributed by atoms with Crippen LogP contribution in [-0.2, 0) is 11.3 Å². The summed E-state index contributed by atoms with van der Waals surface area (Å²) in [7, 11) is 0. The Morgan fingerprint density at radius 3 is 2.56 bits per heavy atom. The summed E-state index contributed by atoms with van der Waals surface area (Å²) in [6.45, 7) is 7.92. The average molecular weight is 334 g/mol. The van der Waals surface area contributed by atoms with Gasteiger partial charge >= 0.3 is 0 Å². The predicted molar refractivity (Wildman–Crippen MR) is 100 cm³/mol. The van der Waals surface area contributed by atoms with Crippen molar-refractivity contribution in [2.45, 2.75) is 26.4 Å².